The van der Waals surface area contributed by atoms with Crippen molar-refractivity contribution in [1.29, 1.82) is 0 Å². The molecule has 2 aromatic carbocycles. The van der Waals surface area contributed by atoms with Crippen molar-refractivity contribution in [1.82, 2.24) is 19.9 Å². The highest BCUT2D eigenvalue weighted by Crippen LogP contribution is 2.48. The molecule has 79 heavy (non-hydrogen) atoms. The molecule has 0 fully saturated rings. The molecular weight excluding hydrogens is 1010 g/mol. The molecule has 0 atom stereocenters. The second-order valence-corrected chi connectivity index (χ2v) is 31.5. The maximum atomic E-state index is 6.00. The Labute approximate surface area is 492 Å². The van der Waals surface area contributed by atoms with Gasteiger partial charge in [0.05, 0.1) is 44.8 Å². The lowest BCUT2D eigenvalue weighted by Crippen LogP contribution is -2.54. The van der Waals surface area contributed by atoms with Gasteiger partial charge in [0.15, 0.2) is 0 Å². The molecule has 1 aliphatic heterocycles. The molecule has 7 heteroatoms. The average molecular weight is 1130 g/mol. The zero-order valence-corrected chi connectivity index (χ0v) is 54.7. The van der Waals surface area contributed by atoms with E-state index in [0.717, 1.165) is 47.8 Å². The van der Waals surface area contributed by atoms with Crippen LogP contribution in [0.4, 0.5) is 0 Å². The first kappa shape index (κ1) is 63.6. The second kappa shape index (κ2) is 34.6. The highest BCUT2D eigenvalue weighted by Gasteiger charge is 2.47. The second-order valence-electron chi connectivity index (χ2n) is 25.0. The van der Waals surface area contributed by atoms with Crippen LogP contribution in [0.1, 0.15) is 306 Å². The predicted octanol–water partition coefficient (Wildman–Crippen LogP) is 23.0. The summed E-state index contributed by atoms with van der Waals surface area (Å²) < 4.78 is 0. The molecule has 6 aromatic rings. The first-order valence-electron chi connectivity index (χ1n) is 34.0. The van der Waals surface area contributed by atoms with E-state index in [4.69, 9.17) is 19.9 Å². The molecule has 0 unspecified atom stereocenters. The summed E-state index contributed by atoms with van der Waals surface area (Å²) in [6.07, 6.45) is 51.5. The van der Waals surface area contributed by atoms with Gasteiger partial charge in [-0.3, -0.25) is 0 Å². The number of unbranched alkanes of at least 4 members (excludes halogenated alkanes) is 30. The summed E-state index contributed by atoms with van der Waals surface area (Å²) in [5.74, 6) is 0. The Balaban J connectivity index is 1.42. The van der Waals surface area contributed by atoms with E-state index in [1.165, 1.54) is 298 Å². The van der Waals surface area contributed by atoms with Crippen LogP contribution in [0.2, 0.25) is 12.1 Å². The van der Waals surface area contributed by atoms with E-state index in [9.17, 15) is 0 Å². The maximum Gasteiger partial charge on any atom is 0.122 e. The van der Waals surface area contributed by atoms with Crippen molar-refractivity contribution in [3.8, 4) is 20.2 Å². The molecule has 7 rings (SSSR count). The topological polar surface area (TPSA) is 51.6 Å². The maximum absolute atomic E-state index is 6.00. The van der Waals surface area contributed by atoms with Gasteiger partial charge < -0.3 is 0 Å². The average Bonchev–Trinajstić information content (AvgIpc) is 3.57. The van der Waals surface area contributed by atoms with Crippen molar-refractivity contribution in [2.45, 2.75) is 324 Å². The molecule has 0 saturated carbocycles. The third-order valence-corrected chi connectivity index (χ3v) is 26.3. The molecule has 436 valence electrons. The first-order chi connectivity index (χ1) is 38.8. The molecule has 5 heterocycles. The summed E-state index contributed by atoms with van der Waals surface area (Å²) in [5, 5.41) is 6.02. The van der Waals surface area contributed by atoms with Crippen molar-refractivity contribution in [2.75, 3.05) is 0 Å². The molecule has 0 spiro atoms. The van der Waals surface area contributed by atoms with Crippen LogP contribution in [0.5, 0.6) is 0 Å². The highest BCUT2D eigenvalue weighted by atomic mass is 32.1. The molecule has 0 radical (unpaired) electrons. The smallest absolute Gasteiger partial charge is 0.122 e. The Morgan fingerprint density at radius 3 is 1.09 bits per heavy atom. The molecule has 1 aliphatic rings. The molecule has 0 N–H and O–H groups in total. The number of rotatable bonds is 43. The minimum Gasteiger partial charge on any atom is -0.249 e. The standard InChI is InChI=1S/C72H112N4S2Si/c1-9-15-21-27-33-39-45-60-61(46-40-34-28-22-16-10-2)74-68-58-53-59(64-54-66-72(78-64)71-65(52-56(8)77-71)79(66,49-43-37-31-25-19-13-5)50-44-38-32-26-20-14-6)70-69(57(58)51-55(7)67(68)73-60)75-62(47-41-35-29-23-17-11-3)63(76-70)48-42-36-30-24-18-12-4/h51-54H,9-50H2,1-8H3. The van der Waals surface area contributed by atoms with Crippen LogP contribution in [-0.2, 0) is 25.7 Å². The van der Waals surface area contributed by atoms with Crippen molar-refractivity contribution in [3.05, 3.63) is 57.5 Å². The van der Waals surface area contributed by atoms with E-state index in [1.54, 1.807) is 20.1 Å². The monoisotopic (exact) mass is 1120 g/mol. The van der Waals surface area contributed by atoms with Gasteiger partial charge in [-0.2, -0.15) is 0 Å². The lowest BCUT2D eigenvalue weighted by molar-refractivity contribution is 0.593. The Hall–Kier alpha value is -3.00. The van der Waals surface area contributed by atoms with E-state index in [0.29, 0.717) is 0 Å². The van der Waals surface area contributed by atoms with Crippen LogP contribution >= 0.6 is 22.7 Å². The normalized spacial score (nSPS) is 13.0. The number of hydrogen-bond acceptors (Lipinski definition) is 6. The fourth-order valence-electron chi connectivity index (χ4n) is 13.5. The third kappa shape index (κ3) is 17.5. The lowest BCUT2D eigenvalue weighted by atomic mass is 9.97. The zero-order chi connectivity index (χ0) is 55.7. The number of nitrogens with zero attached hydrogens (tertiary/aromatic N) is 4. The summed E-state index contributed by atoms with van der Waals surface area (Å²) >= 11 is 4.21. The van der Waals surface area contributed by atoms with Gasteiger partial charge >= 0.3 is 0 Å². The van der Waals surface area contributed by atoms with Gasteiger partial charge in [-0.15, -0.1) is 22.7 Å². The van der Waals surface area contributed by atoms with E-state index in [1.807, 2.05) is 0 Å². The predicted molar refractivity (Wildman–Crippen MR) is 356 cm³/mol. The van der Waals surface area contributed by atoms with Gasteiger partial charge in [0.1, 0.15) is 8.07 Å². The highest BCUT2D eigenvalue weighted by molar-refractivity contribution is 7.30. The van der Waals surface area contributed by atoms with Crippen LogP contribution < -0.4 is 10.4 Å². The Morgan fingerprint density at radius 1 is 0.329 bits per heavy atom. The summed E-state index contributed by atoms with van der Waals surface area (Å²) in [4.78, 5) is 29.7. The van der Waals surface area contributed by atoms with Crippen LogP contribution in [0.15, 0.2) is 24.3 Å². The van der Waals surface area contributed by atoms with Crippen molar-refractivity contribution < 1.29 is 0 Å². The molecule has 0 bridgehead atoms. The summed E-state index contributed by atoms with van der Waals surface area (Å²) in [6.45, 7) is 18.7. The Morgan fingerprint density at radius 2 is 0.658 bits per heavy atom. The summed E-state index contributed by atoms with van der Waals surface area (Å²) in [7, 11) is -2.05. The largest absolute Gasteiger partial charge is 0.249 e. The van der Waals surface area contributed by atoms with Crippen molar-refractivity contribution >= 4 is 74.0 Å². The SMILES string of the molecule is CCCCCCCCc1nc2c(C)cc3c(cc(-c4cc5c(s4)-c4sc(C)cc4[Si]5(CCCCCCCC)CCCCCCCC)c4nc(CCCCCCCC)c(CCCCCCCC)nc43)c2nc1CCCCCCCC. The van der Waals surface area contributed by atoms with Crippen LogP contribution in [0.25, 0.3) is 53.0 Å². The number of benzene rings is 2. The van der Waals surface area contributed by atoms with E-state index in [-0.39, 0.29) is 0 Å². The van der Waals surface area contributed by atoms with E-state index >= 15 is 0 Å². The van der Waals surface area contributed by atoms with Crippen LogP contribution in [0, 0.1) is 13.8 Å². The number of hydrogen-bond donors (Lipinski definition) is 0. The van der Waals surface area contributed by atoms with Crippen LogP contribution in [-0.4, -0.2) is 28.0 Å². The van der Waals surface area contributed by atoms with Crippen molar-refractivity contribution in [3.63, 3.8) is 0 Å². The van der Waals surface area contributed by atoms with Crippen LogP contribution in [0.3, 0.4) is 0 Å². The molecule has 0 amide bonds. The molecule has 0 aliphatic carbocycles. The van der Waals surface area contributed by atoms with Gasteiger partial charge in [0.25, 0.3) is 0 Å². The molecule has 4 aromatic heterocycles. The van der Waals surface area contributed by atoms with E-state index < -0.39 is 8.07 Å². The molecular formula is C72H112N4S2Si. The van der Waals surface area contributed by atoms with Gasteiger partial charge in [-0.05, 0) is 118 Å². The first-order valence-corrected chi connectivity index (χ1v) is 38.1. The zero-order valence-electron chi connectivity index (χ0n) is 52.1. The number of aromatic nitrogens is 4. The lowest BCUT2D eigenvalue weighted by Gasteiger charge is -2.29. The number of thiophene rings is 2. The minimum absolute atomic E-state index is 1.02. The number of aryl methyl sites for hydroxylation is 6. The number of fused-ring (bicyclic) bond motifs is 8. The third-order valence-electron chi connectivity index (χ3n) is 18.3. The Kier molecular flexibility index (Phi) is 27.8. The quantitative estimate of drug-likeness (QED) is 0.0217. The van der Waals surface area contributed by atoms with E-state index in [2.05, 4.69) is 102 Å². The van der Waals surface area contributed by atoms with Crippen molar-refractivity contribution in [2.24, 2.45) is 0 Å². The van der Waals surface area contributed by atoms with Gasteiger partial charge in [0, 0.05) is 35.8 Å². The van der Waals surface area contributed by atoms with Gasteiger partial charge in [-0.1, -0.05) is 247 Å². The molecule has 0 saturated heterocycles. The summed E-state index contributed by atoms with van der Waals surface area (Å²) in [5.41, 5.74) is 12.0. The Bertz CT molecular complexity index is 2710. The van der Waals surface area contributed by atoms with Gasteiger partial charge in [-0.25, -0.2) is 19.9 Å². The van der Waals surface area contributed by atoms with Gasteiger partial charge in [0.2, 0.25) is 0 Å². The fraction of sp³-hybridized carbons (Fsp3) is 0.694. The molecule has 4 nitrogen and oxygen atoms in total. The fourth-order valence-corrected chi connectivity index (χ4v) is 22.9. The minimum atomic E-state index is -2.05. The summed E-state index contributed by atoms with van der Waals surface area (Å²) in [6, 6.07) is 13.3.